The van der Waals surface area contributed by atoms with Crippen molar-refractivity contribution in [2.45, 2.75) is 58.8 Å². The highest BCUT2D eigenvalue weighted by Crippen LogP contribution is 2.38. The minimum absolute atomic E-state index is 0.0850. The second-order valence-electron chi connectivity index (χ2n) is 8.05. The number of nitrogens with two attached hydrogens (primary N) is 1. The maximum absolute atomic E-state index is 12.3. The third kappa shape index (κ3) is 5.24. The Bertz CT molecular complexity index is 350. The van der Waals surface area contributed by atoms with Gasteiger partial charge >= 0.3 is 0 Å². The Labute approximate surface area is 136 Å². The van der Waals surface area contributed by atoms with Gasteiger partial charge in [-0.25, -0.2) is 0 Å². The number of amides is 1. The van der Waals surface area contributed by atoms with E-state index in [2.05, 4.69) is 24.1 Å². The van der Waals surface area contributed by atoms with Gasteiger partial charge in [-0.05, 0) is 49.6 Å². The van der Waals surface area contributed by atoms with Crippen LogP contribution in [-0.4, -0.2) is 43.5 Å². The molecule has 0 aromatic carbocycles. The molecular formula is C18H35N3O. The van der Waals surface area contributed by atoms with Crippen LogP contribution >= 0.6 is 0 Å². The zero-order chi connectivity index (χ0) is 16.0. The second-order valence-corrected chi connectivity index (χ2v) is 8.05. The summed E-state index contributed by atoms with van der Waals surface area (Å²) in [6.07, 6.45) is 7.87. The van der Waals surface area contributed by atoms with E-state index >= 15 is 0 Å². The van der Waals surface area contributed by atoms with Crippen molar-refractivity contribution in [2.24, 2.45) is 23.0 Å². The molecular weight excluding hydrogens is 274 g/mol. The number of likely N-dealkylation sites (tertiary alicyclic amines) is 1. The van der Waals surface area contributed by atoms with Gasteiger partial charge in [-0.1, -0.05) is 33.1 Å². The molecule has 2 rings (SSSR count). The quantitative estimate of drug-likeness (QED) is 0.759. The monoisotopic (exact) mass is 309 g/mol. The zero-order valence-corrected chi connectivity index (χ0v) is 14.6. The van der Waals surface area contributed by atoms with Crippen molar-refractivity contribution >= 4 is 5.91 Å². The van der Waals surface area contributed by atoms with Crippen LogP contribution in [0.25, 0.3) is 0 Å². The summed E-state index contributed by atoms with van der Waals surface area (Å²) in [6, 6.07) is 0. The Kier molecular flexibility index (Phi) is 6.69. The molecule has 22 heavy (non-hydrogen) atoms. The predicted molar refractivity (Wildman–Crippen MR) is 91.6 cm³/mol. The first-order valence-electron chi connectivity index (χ1n) is 9.22. The highest BCUT2D eigenvalue weighted by Gasteiger charge is 2.33. The average molecular weight is 309 g/mol. The van der Waals surface area contributed by atoms with Crippen molar-refractivity contribution in [3.8, 4) is 0 Å². The van der Waals surface area contributed by atoms with Crippen LogP contribution in [0.1, 0.15) is 58.8 Å². The summed E-state index contributed by atoms with van der Waals surface area (Å²) in [7, 11) is 0. The van der Waals surface area contributed by atoms with Crippen LogP contribution in [-0.2, 0) is 4.79 Å². The average Bonchev–Trinajstić information content (AvgIpc) is 2.93. The van der Waals surface area contributed by atoms with E-state index in [9.17, 15) is 4.79 Å². The molecule has 4 nitrogen and oxygen atoms in total. The third-order valence-corrected chi connectivity index (χ3v) is 5.46. The van der Waals surface area contributed by atoms with E-state index in [1.165, 1.54) is 38.8 Å². The maximum atomic E-state index is 12.3. The normalized spacial score (nSPS) is 25.5. The Morgan fingerprint density at radius 3 is 2.68 bits per heavy atom. The van der Waals surface area contributed by atoms with Crippen LogP contribution < -0.4 is 11.1 Å². The largest absolute Gasteiger partial charge is 0.356 e. The van der Waals surface area contributed by atoms with E-state index in [-0.39, 0.29) is 11.3 Å². The standard InChI is InChI=1S/C18H35N3O/c1-15(2)12-21-9-6-16(13-21)11-20-17(22)10-18(14-19)7-4-3-5-8-18/h15-16H,3-14,19H2,1-2H3,(H,20,22). The van der Waals surface area contributed by atoms with Crippen LogP contribution in [0.4, 0.5) is 0 Å². The molecule has 1 heterocycles. The predicted octanol–water partition coefficient (Wildman–Crippen LogP) is 2.38. The molecule has 1 saturated heterocycles. The van der Waals surface area contributed by atoms with Crippen molar-refractivity contribution in [1.29, 1.82) is 0 Å². The van der Waals surface area contributed by atoms with E-state index < -0.39 is 0 Å². The fourth-order valence-electron chi connectivity index (χ4n) is 4.18. The van der Waals surface area contributed by atoms with Gasteiger partial charge in [-0.15, -0.1) is 0 Å². The van der Waals surface area contributed by atoms with Crippen LogP contribution in [0.2, 0.25) is 0 Å². The summed E-state index contributed by atoms with van der Waals surface area (Å²) in [6.45, 7) is 9.55. The lowest BCUT2D eigenvalue weighted by molar-refractivity contribution is -0.124. The summed E-state index contributed by atoms with van der Waals surface area (Å²) in [5.41, 5.74) is 6.07. The number of carbonyl (C=O) groups is 1. The number of rotatable bonds is 7. The number of hydrogen-bond acceptors (Lipinski definition) is 3. The smallest absolute Gasteiger partial charge is 0.220 e. The minimum Gasteiger partial charge on any atom is -0.356 e. The van der Waals surface area contributed by atoms with Crippen LogP contribution in [0.15, 0.2) is 0 Å². The summed E-state index contributed by atoms with van der Waals surface area (Å²) in [5.74, 6) is 1.57. The number of hydrogen-bond donors (Lipinski definition) is 2. The molecule has 0 aromatic rings. The highest BCUT2D eigenvalue weighted by molar-refractivity contribution is 5.76. The molecule has 1 amide bonds. The van der Waals surface area contributed by atoms with E-state index in [0.29, 0.717) is 18.9 Å². The summed E-state index contributed by atoms with van der Waals surface area (Å²) < 4.78 is 0. The highest BCUT2D eigenvalue weighted by atomic mass is 16.1. The van der Waals surface area contributed by atoms with Gasteiger partial charge in [0.2, 0.25) is 5.91 Å². The Hall–Kier alpha value is -0.610. The summed E-state index contributed by atoms with van der Waals surface area (Å²) in [5, 5.41) is 3.18. The molecule has 1 saturated carbocycles. The molecule has 0 spiro atoms. The first kappa shape index (κ1) is 17.7. The molecule has 4 heteroatoms. The van der Waals surface area contributed by atoms with Gasteiger partial charge < -0.3 is 16.0 Å². The lowest BCUT2D eigenvalue weighted by Gasteiger charge is -2.35. The van der Waals surface area contributed by atoms with Crippen molar-refractivity contribution in [2.75, 3.05) is 32.7 Å². The number of nitrogens with zero attached hydrogens (tertiary/aromatic N) is 1. The van der Waals surface area contributed by atoms with Gasteiger partial charge in [0.05, 0.1) is 0 Å². The van der Waals surface area contributed by atoms with Crippen LogP contribution in [0.5, 0.6) is 0 Å². The summed E-state index contributed by atoms with van der Waals surface area (Å²) in [4.78, 5) is 14.8. The first-order valence-corrected chi connectivity index (χ1v) is 9.22. The molecule has 0 radical (unpaired) electrons. The second kappa shape index (κ2) is 8.30. The van der Waals surface area contributed by atoms with E-state index in [4.69, 9.17) is 5.73 Å². The van der Waals surface area contributed by atoms with Crippen molar-refractivity contribution < 1.29 is 4.79 Å². The van der Waals surface area contributed by atoms with E-state index in [1.54, 1.807) is 0 Å². The van der Waals surface area contributed by atoms with Gasteiger partial charge in [0.25, 0.3) is 0 Å². The van der Waals surface area contributed by atoms with Gasteiger partial charge in [0.1, 0.15) is 0 Å². The van der Waals surface area contributed by atoms with Gasteiger partial charge in [-0.2, -0.15) is 0 Å². The van der Waals surface area contributed by atoms with Crippen molar-refractivity contribution in [3.05, 3.63) is 0 Å². The molecule has 1 atom stereocenters. The van der Waals surface area contributed by atoms with Crippen molar-refractivity contribution in [1.82, 2.24) is 10.2 Å². The van der Waals surface area contributed by atoms with E-state index in [0.717, 1.165) is 31.8 Å². The number of carbonyl (C=O) groups excluding carboxylic acids is 1. The molecule has 3 N–H and O–H groups in total. The van der Waals surface area contributed by atoms with Gasteiger partial charge in [0, 0.05) is 26.1 Å². The lowest BCUT2D eigenvalue weighted by atomic mass is 9.71. The first-order chi connectivity index (χ1) is 10.5. The molecule has 1 unspecified atom stereocenters. The van der Waals surface area contributed by atoms with Crippen molar-refractivity contribution in [3.63, 3.8) is 0 Å². The molecule has 2 aliphatic rings. The fourth-order valence-corrected chi connectivity index (χ4v) is 4.18. The molecule has 1 aliphatic heterocycles. The van der Waals surface area contributed by atoms with Gasteiger partial charge in [-0.3, -0.25) is 4.79 Å². The van der Waals surface area contributed by atoms with Crippen LogP contribution in [0.3, 0.4) is 0 Å². The van der Waals surface area contributed by atoms with E-state index in [1.807, 2.05) is 0 Å². The molecule has 0 bridgehead atoms. The zero-order valence-electron chi connectivity index (χ0n) is 14.6. The number of nitrogens with one attached hydrogen (secondary N) is 1. The fraction of sp³-hybridized carbons (Fsp3) is 0.944. The topological polar surface area (TPSA) is 58.4 Å². The Balaban J connectivity index is 1.69. The Morgan fingerprint density at radius 2 is 2.05 bits per heavy atom. The maximum Gasteiger partial charge on any atom is 0.220 e. The third-order valence-electron chi connectivity index (χ3n) is 5.46. The SMILES string of the molecule is CC(C)CN1CCC(CNC(=O)CC2(CN)CCCCC2)C1. The lowest BCUT2D eigenvalue weighted by Crippen LogP contribution is -2.40. The van der Waals surface area contributed by atoms with Gasteiger partial charge in [0.15, 0.2) is 0 Å². The molecule has 1 aliphatic carbocycles. The van der Waals surface area contributed by atoms with Crippen LogP contribution in [0, 0.1) is 17.3 Å². The minimum atomic E-state index is 0.0850. The molecule has 0 aromatic heterocycles. The Morgan fingerprint density at radius 1 is 1.32 bits per heavy atom. The molecule has 128 valence electrons. The summed E-state index contributed by atoms with van der Waals surface area (Å²) >= 11 is 0. The molecule has 2 fully saturated rings.